The number of amides is 2. The molecule has 1 heterocycles. The van der Waals surface area contributed by atoms with Crippen molar-refractivity contribution in [3.05, 3.63) is 59.7 Å². The maximum Gasteiger partial charge on any atom is 0.408 e. The van der Waals surface area contributed by atoms with E-state index in [0.717, 1.165) is 11.1 Å². The van der Waals surface area contributed by atoms with Gasteiger partial charge >= 0.3 is 6.09 Å². The third-order valence-electron chi connectivity index (χ3n) is 4.84. The smallest absolute Gasteiger partial charge is 0.408 e. The van der Waals surface area contributed by atoms with Crippen molar-refractivity contribution in [3.8, 4) is 11.5 Å². The Morgan fingerprint density at radius 3 is 2.50 bits per heavy atom. The third-order valence-corrected chi connectivity index (χ3v) is 4.84. The third kappa shape index (κ3) is 4.19. The largest absolute Gasteiger partial charge is 0.497 e. The van der Waals surface area contributed by atoms with Crippen molar-refractivity contribution in [1.29, 1.82) is 0 Å². The van der Waals surface area contributed by atoms with Crippen LogP contribution in [0, 0.1) is 0 Å². The highest BCUT2D eigenvalue weighted by atomic mass is 16.5. The summed E-state index contributed by atoms with van der Waals surface area (Å²) in [4.78, 5) is 26.2. The van der Waals surface area contributed by atoms with Crippen LogP contribution in [0.15, 0.2) is 48.5 Å². The highest BCUT2D eigenvalue weighted by Crippen LogP contribution is 2.29. The molecule has 0 aromatic heterocycles. The summed E-state index contributed by atoms with van der Waals surface area (Å²) < 4.78 is 15.8. The minimum atomic E-state index is -0.601. The standard InChI is InChI=1S/C21H24N2O5/c1-14-19(22-21(25)28-13-15-7-5-4-6-8-15)20(24)23(14)12-16-9-10-17(26-2)11-18(16)27-3/h4-11,14,19H,12-13H2,1-3H3,(H,22,25)/t14-,19+/m0/s1. The predicted octanol–water partition coefficient (Wildman–Crippen LogP) is 2.73. The van der Waals surface area contributed by atoms with Crippen LogP contribution in [0.4, 0.5) is 4.79 Å². The van der Waals surface area contributed by atoms with Crippen molar-refractivity contribution >= 4 is 12.0 Å². The van der Waals surface area contributed by atoms with Gasteiger partial charge in [0, 0.05) is 18.2 Å². The molecule has 148 valence electrons. The molecule has 0 bridgehead atoms. The van der Waals surface area contributed by atoms with Crippen molar-refractivity contribution < 1.29 is 23.8 Å². The number of likely N-dealkylation sites (tertiary alicyclic amines) is 1. The molecule has 7 heteroatoms. The molecular weight excluding hydrogens is 360 g/mol. The fourth-order valence-corrected chi connectivity index (χ4v) is 3.15. The number of nitrogens with zero attached hydrogens (tertiary/aromatic N) is 1. The minimum absolute atomic E-state index is 0.149. The number of hydrogen-bond donors (Lipinski definition) is 1. The van der Waals surface area contributed by atoms with Gasteiger partial charge in [-0.3, -0.25) is 4.79 Å². The van der Waals surface area contributed by atoms with E-state index in [0.29, 0.717) is 18.0 Å². The summed E-state index contributed by atoms with van der Waals surface area (Å²) in [6.45, 7) is 2.44. The van der Waals surface area contributed by atoms with Crippen LogP contribution in [-0.4, -0.2) is 43.2 Å². The second-order valence-electron chi connectivity index (χ2n) is 6.57. The van der Waals surface area contributed by atoms with Crippen molar-refractivity contribution in [3.63, 3.8) is 0 Å². The Hall–Kier alpha value is -3.22. The van der Waals surface area contributed by atoms with Gasteiger partial charge in [0.15, 0.2) is 0 Å². The molecule has 1 saturated heterocycles. The van der Waals surface area contributed by atoms with Gasteiger partial charge in [-0.25, -0.2) is 4.79 Å². The predicted molar refractivity (Wildman–Crippen MR) is 103 cm³/mol. The Kier molecular flexibility index (Phi) is 6.03. The number of hydrogen-bond acceptors (Lipinski definition) is 5. The van der Waals surface area contributed by atoms with Gasteiger partial charge in [-0.05, 0) is 24.6 Å². The summed E-state index contributed by atoms with van der Waals surface area (Å²) in [6.07, 6.45) is -0.601. The lowest BCUT2D eigenvalue weighted by Gasteiger charge is -2.45. The van der Waals surface area contributed by atoms with Gasteiger partial charge in [0.25, 0.3) is 0 Å². The molecule has 2 atom stereocenters. The zero-order valence-corrected chi connectivity index (χ0v) is 16.2. The van der Waals surface area contributed by atoms with E-state index in [4.69, 9.17) is 14.2 Å². The number of benzene rings is 2. The lowest BCUT2D eigenvalue weighted by atomic mass is 9.95. The van der Waals surface area contributed by atoms with E-state index in [1.165, 1.54) is 0 Å². The molecule has 28 heavy (non-hydrogen) atoms. The van der Waals surface area contributed by atoms with Crippen LogP contribution >= 0.6 is 0 Å². The lowest BCUT2D eigenvalue weighted by Crippen LogP contribution is -2.69. The van der Waals surface area contributed by atoms with Crippen LogP contribution in [0.3, 0.4) is 0 Å². The fourth-order valence-electron chi connectivity index (χ4n) is 3.15. The van der Waals surface area contributed by atoms with E-state index in [9.17, 15) is 9.59 Å². The number of carbonyl (C=O) groups excluding carboxylic acids is 2. The fraction of sp³-hybridized carbons (Fsp3) is 0.333. The van der Waals surface area contributed by atoms with Crippen LogP contribution in [0.1, 0.15) is 18.1 Å². The topological polar surface area (TPSA) is 77.1 Å². The number of ether oxygens (including phenoxy) is 3. The molecule has 1 N–H and O–H groups in total. The highest BCUT2D eigenvalue weighted by molar-refractivity contribution is 5.92. The maximum atomic E-state index is 12.5. The molecule has 2 aromatic carbocycles. The molecule has 2 amide bonds. The Morgan fingerprint density at radius 1 is 1.11 bits per heavy atom. The van der Waals surface area contributed by atoms with Crippen LogP contribution in [-0.2, 0) is 22.7 Å². The molecular formula is C21H24N2O5. The number of rotatable bonds is 7. The lowest BCUT2D eigenvalue weighted by molar-refractivity contribution is -0.150. The summed E-state index contributed by atoms with van der Waals surface area (Å²) in [5, 5.41) is 2.65. The van der Waals surface area contributed by atoms with Crippen molar-refractivity contribution in [2.45, 2.75) is 32.2 Å². The molecule has 3 rings (SSSR count). The average Bonchev–Trinajstić information content (AvgIpc) is 2.74. The number of β-lactam (4-membered cyclic amide) rings is 1. The zero-order valence-electron chi connectivity index (χ0n) is 16.2. The van der Waals surface area contributed by atoms with E-state index >= 15 is 0 Å². The summed E-state index contributed by atoms with van der Waals surface area (Å²) in [6, 6.07) is 14.1. The summed E-state index contributed by atoms with van der Waals surface area (Å²) in [5.41, 5.74) is 1.76. The van der Waals surface area contributed by atoms with Gasteiger partial charge in [-0.1, -0.05) is 30.3 Å². The monoisotopic (exact) mass is 384 g/mol. The number of nitrogens with one attached hydrogen (secondary N) is 1. The first-order valence-corrected chi connectivity index (χ1v) is 9.02. The molecule has 0 unspecified atom stereocenters. The summed E-state index contributed by atoms with van der Waals surface area (Å²) >= 11 is 0. The first kappa shape index (κ1) is 19.5. The Morgan fingerprint density at radius 2 is 1.86 bits per heavy atom. The highest BCUT2D eigenvalue weighted by Gasteiger charge is 2.45. The van der Waals surface area contributed by atoms with E-state index in [2.05, 4.69) is 5.32 Å². The SMILES string of the molecule is COc1ccc(CN2C(=O)[C@H](NC(=O)OCc3ccccc3)[C@@H]2C)c(OC)c1. The Labute approximate surface area is 164 Å². The van der Waals surface area contributed by atoms with Crippen LogP contribution in [0.25, 0.3) is 0 Å². The molecule has 2 aromatic rings. The first-order valence-electron chi connectivity index (χ1n) is 9.02. The molecule has 1 aliphatic rings. The molecule has 0 radical (unpaired) electrons. The van der Waals surface area contributed by atoms with Crippen LogP contribution < -0.4 is 14.8 Å². The molecule has 1 fully saturated rings. The molecule has 0 spiro atoms. The van der Waals surface area contributed by atoms with Gasteiger partial charge < -0.3 is 24.4 Å². The van der Waals surface area contributed by atoms with Gasteiger partial charge in [-0.15, -0.1) is 0 Å². The van der Waals surface area contributed by atoms with Crippen molar-refractivity contribution in [2.75, 3.05) is 14.2 Å². The average molecular weight is 384 g/mol. The second kappa shape index (κ2) is 8.65. The van der Waals surface area contributed by atoms with Gasteiger partial charge in [-0.2, -0.15) is 0 Å². The Bertz CT molecular complexity index is 840. The van der Waals surface area contributed by atoms with Gasteiger partial charge in [0.1, 0.15) is 24.1 Å². The normalized spacial score (nSPS) is 18.2. The van der Waals surface area contributed by atoms with E-state index in [1.54, 1.807) is 25.2 Å². The van der Waals surface area contributed by atoms with E-state index in [-0.39, 0.29) is 18.6 Å². The summed E-state index contributed by atoms with van der Waals surface area (Å²) in [7, 11) is 3.16. The first-order chi connectivity index (χ1) is 13.5. The van der Waals surface area contributed by atoms with E-state index in [1.807, 2.05) is 49.4 Å². The number of methoxy groups -OCH3 is 2. The number of carbonyl (C=O) groups is 2. The van der Waals surface area contributed by atoms with Crippen LogP contribution in [0.2, 0.25) is 0 Å². The van der Waals surface area contributed by atoms with Crippen LogP contribution in [0.5, 0.6) is 11.5 Å². The zero-order chi connectivity index (χ0) is 20.1. The number of alkyl carbamates (subject to hydrolysis) is 1. The maximum absolute atomic E-state index is 12.5. The molecule has 0 saturated carbocycles. The second-order valence-corrected chi connectivity index (χ2v) is 6.57. The molecule has 1 aliphatic heterocycles. The van der Waals surface area contributed by atoms with Crippen molar-refractivity contribution in [1.82, 2.24) is 10.2 Å². The Balaban J connectivity index is 1.54. The molecule has 7 nitrogen and oxygen atoms in total. The quantitative estimate of drug-likeness (QED) is 0.743. The van der Waals surface area contributed by atoms with E-state index < -0.39 is 12.1 Å². The molecule has 0 aliphatic carbocycles. The van der Waals surface area contributed by atoms with Crippen molar-refractivity contribution in [2.24, 2.45) is 0 Å². The minimum Gasteiger partial charge on any atom is -0.497 e. The summed E-state index contributed by atoms with van der Waals surface area (Å²) in [5.74, 6) is 1.18. The van der Waals surface area contributed by atoms with Gasteiger partial charge in [0.2, 0.25) is 5.91 Å². The van der Waals surface area contributed by atoms with Gasteiger partial charge in [0.05, 0.1) is 20.3 Å².